The molecule has 1 aromatic heterocycles. The Labute approximate surface area is 142 Å². The van der Waals surface area contributed by atoms with Crippen LogP contribution >= 0.6 is 0 Å². The van der Waals surface area contributed by atoms with Crippen molar-refractivity contribution in [2.45, 2.75) is 77.3 Å². The van der Waals surface area contributed by atoms with E-state index in [1.54, 1.807) is 0 Å². The monoisotopic (exact) mass is 371 g/mol. The molecule has 8 heteroatoms. The van der Waals surface area contributed by atoms with Crippen LogP contribution in [0.1, 0.15) is 64.0 Å². The van der Waals surface area contributed by atoms with Crippen LogP contribution in [-0.2, 0) is 16.7 Å². The van der Waals surface area contributed by atoms with E-state index in [4.69, 9.17) is 13.0 Å². The molecule has 4 nitrogen and oxygen atoms in total. The number of unbranched alkanes of at least 4 members (excludes halogenated alkanes) is 7. The molecule has 0 spiro atoms. The highest BCUT2D eigenvalue weighted by molar-refractivity contribution is 7.86. The third kappa shape index (κ3) is 10.7. The molecule has 0 unspecified atom stereocenters. The van der Waals surface area contributed by atoms with Crippen molar-refractivity contribution in [2.24, 2.45) is 0 Å². The van der Waals surface area contributed by atoms with E-state index in [9.17, 15) is 13.2 Å². The van der Waals surface area contributed by atoms with Gasteiger partial charge in [0.2, 0.25) is 0 Å². The number of alkyl halides is 3. The zero-order valence-corrected chi connectivity index (χ0v) is 15.2. The van der Waals surface area contributed by atoms with Crippen molar-refractivity contribution in [3.63, 3.8) is 0 Å². The molecular weight excluding hydrogens is 343 g/mol. The van der Waals surface area contributed by atoms with Gasteiger partial charge < -0.3 is 4.57 Å². The summed E-state index contributed by atoms with van der Waals surface area (Å²) in [4.78, 5) is 0. The van der Waals surface area contributed by atoms with E-state index in [2.05, 4.69) is 36.7 Å². The standard InChI is InChI=1S/C15H27N.CHF3O3S/c1-3-4-5-6-7-8-9-10-13-16-14-11-12-15(16)2;2-1(3,4)8(5,6)7/h11-12,14H,3-10,13H2,1-2H3;(H,5,6,7). The number of aromatic nitrogens is 1. The van der Waals surface area contributed by atoms with Crippen LogP contribution in [0.25, 0.3) is 0 Å². The van der Waals surface area contributed by atoms with Crippen LogP contribution in [0.2, 0.25) is 0 Å². The van der Waals surface area contributed by atoms with Crippen molar-refractivity contribution in [1.29, 1.82) is 0 Å². The van der Waals surface area contributed by atoms with E-state index in [0.29, 0.717) is 0 Å². The fourth-order valence-electron chi connectivity index (χ4n) is 2.17. The second-order valence-electron chi connectivity index (χ2n) is 5.74. The van der Waals surface area contributed by atoms with Crippen LogP contribution in [0.3, 0.4) is 0 Å². The molecular formula is C16H28F3NO3S. The van der Waals surface area contributed by atoms with Gasteiger partial charge in [-0.2, -0.15) is 21.6 Å². The number of halogens is 3. The van der Waals surface area contributed by atoms with Gasteiger partial charge in [-0.15, -0.1) is 0 Å². The predicted molar refractivity (Wildman–Crippen MR) is 89.4 cm³/mol. The minimum atomic E-state index is -5.84. The summed E-state index contributed by atoms with van der Waals surface area (Å²) in [6.07, 6.45) is 13.4. The van der Waals surface area contributed by atoms with E-state index in [1.807, 2.05) is 0 Å². The van der Waals surface area contributed by atoms with Crippen LogP contribution in [0.15, 0.2) is 18.3 Å². The van der Waals surface area contributed by atoms with Gasteiger partial charge in [-0.25, -0.2) is 0 Å². The number of aryl methyl sites for hydroxylation is 2. The lowest BCUT2D eigenvalue weighted by atomic mass is 10.1. The predicted octanol–water partition coefficient (Wildman–Crippen LogP) is 5.33. The lowest BCUT2D eigenvalue weighted by Crippen LogP contribution is -2.21. The van der Waals surface area contributed by atoms with Crippen molar-refractivity contribution < 1.29 is 26.1 Å². The maximum Gasteiger partial charge on any atom is 0.522 e. The summed E-state index contributed by atoms with van der Waals surface area (Å²) < 4.78 is 59.9. The van der Waals surface area contributed by atoms with Gasteiger partial charge in [0.25, 0.3) is 0 Å². The average molecular weight is 371 g/mol. The highest BCUT2D eigenvalue weighted by Crippen LogP contribution is 2.20. The first-order valence-electron chi connectivity index (χ1n) is 8.25. The van der Waals surface area contributed by atoms with E-state index >= 15 is 0 Å². The van der Waals surface area contributed by atoms with E-state index in [1.165, 1.54) is 63.6 Å². The Morgan fingerprint density at radius 2 is 1.50 bits per heavy atom. The average Bonchev–Trinajstić information content (AvgIpc) is 2.86. The van der Waals surface area contributed by atoms with Crippen LogP contribution in [0, 0.1) is 6.92 Å². The van der Waals surface area contributed by atoms with Crippen LogP contribution in [0.4, 0.5) is 13.2 Å². The number of rotatable bonds is 9. The van der Waals surface area contributed by atoms with Crippen LogP contribution < -0.4 is 0 Å². The Morgan fingerprint density at radius 1 is 1.04 bits per heavy atom. The quantitative estimate of drug-likeness (QED) is 0.362. The van der Waals surface area contributed by atoms with Crippen molar-refractivity contribution in [1.82, 2.24) is 4.57 Å². The van der Waals surface area contributed by atoms with Crippen molar-refractivity contribution >= 4 is 10.1 Å². The second kappa shape index (κ2) is 11.5. The molecule has 142 valence electrons. The molecule has 0 saturated carbocycles. The van der Waals surface area contributed by atoms with E-state index in [-0.39, 0.29) is 0 Å². The summed E-state index contributed by atoms with van der Waals surface area (Å²) in [5, 5.41) is 0. The van der Waals surface area contributed by atoms with Gasteiger partial charge >= 0.3 is 15.6 Å². The summed E-state index contributed by atoms with van der Waals surface area (Å²) in [5.74, 6) is 0. The molecule has 1 aromatic rings. The second-order valence-corrected chi connectivity index (χ2v) is 7.15. The minimum absolute atomic E-state index is 1.20. The molecule has 1 rings (SSSR count). The summed E-state index contributed by atoms with van der Waals surface area (Å²) in [6, 6.07) is 4.32. The van der Waals surface area contributed by atoms with Crippen LogP contribution in [0.5, 0.6) is 0 Å². The highest BCUT2D eigenvalue weighted by Gasteiger charge is 2.44. The first-order valence-corrected chi connectivity index (χ1v) is 9.69. The molecule has 0 radical (unpaired) electrons. The third-order valence-corrected chi connectivity index (χ3v) is 4.19. The maximum atomic E-state index is 10.7. The summed E-state index contributed by atoms with van der Waals surface area (Å²) in [5.41, 5.74) is -4.14. The largest absolute Gasteiger partial charge is 0.522 e. The SMILES string of the molecule is CCCCCCCCCCn1cccc1C.O=S(=O)(O)C(F)(F)F. The topological polar surface area (TPSA) is 59.3 Å². The lowest BCUT2D eigenvalue weighted by molar-refractivity contribution is -0.0510. The molecule has 0 aromatic carbocycles. The van der Waals surface area contributed by atoms with E-state index < -0.39 is 15.6 Å². The molecule has 0 fully saturated rings. The summed E-state index contributed by atoms with van der Waals surface area (Å²) >= 11 is 0. The van der Waals surface area contributed by atoms with Crippen molar-refractivity contribution in [3.05, 3.63) is 24.0 Å². The van der Waals surface area contributed by atoms with Gasteiger partial charge in [0, 0.05) is 18.4 Å². The number of nitrogens with zero attached hydrogens (tertiary/aromatic N) is 1. The molecule has 0 aliphatic rings. The summed E-state index contributed by atoms with van der Waals surface area (Å²) in [6.45, 7) is 5.66. The summed E-state index contributed by atoms with van der Waals surface area (Å²) in [7, 11) is -5.84. The van der Waals surface area contributed by atoms with Gasteiger partial charge in [0.05, 0.1) is 0 Å². The van der Waals surface area contributed by atoms with Gasteiger partial charge in [0.15, 0.2) is 0 Å². The molecule has 0 atom stereocenters. The Hall–Kier alpha value is -1.02. The van der Waals surface area contributed by atoms with Gasteiger partial charge in [-0.3, -0.25) is 4.55 Å². The van der Waals surface area contributed by atoms with Gasteiger partial charge in [-0.05, 0) is 25.5 Å². The molecule has 0 amide bonds. The molecule has 0 aliphatic carbocycles. The fourth-order valence-corrected chi connectivity index (χ4v) is 2.17. The smallest absolute Gasteiger partial charge is 0.352 e. The maximum absolute atomic E-state index is 10.7. The van der Waals surface area contributed by atoms with Crippen molar-refractivity contribution in [3.8, 4) is 0 Å². The van der Waals surface area contributed by atoms with E-state index in [0.717, 1.165) is 0 Å². The Kier molecular flexibility index (Phi) is 11.0. The third-order valence-electron chi connectivity index (χ3n) is 3.60. The Morgan fingerprint density at radius 3 is 1.88 bits per heavy atom. The van der Waals surface area contributed by atoms with Crippen LogP contribution in [-0.4, -0.2) is 23.0 Å². The molecule has 1 N–H and O–H groups in total. The Bertz CT molecular complexity index is 539. The zero-order chi connectivity index (χ0) is 18.6. The highest BCUT2D eigenvalue weighted by atomic mass is 32.2. The van der Waals surface area contributed by atoms with Gasteiger partial charge in [0.1, 0.15) is 0 Å². The number of hydrogen-bond donors (Lipinski definition) is 1. The minimum Gasteiger partial charge on any atom is -0.352 e. The number of hydrogen-bond acceptors (Lipinski definition) is 2. The Balaban J connectivity index is 0.000000561. The zero-order valence-electron chi connectivity index (χ0n) is 14.3. The molecule has 0 aliphatic heterocycles. The fraction of sp³-hybridized carbons (Fsp3) is 0.750. The van der Waals surface area contributed by atoms with Gasteiger partial charge in [-0.1, -0.05) is 51.9 Å². The molecule has 0 bridgehead atoms. The molecule has 1 heterocycles. The normalized spacial score (nSPS) is 11.9. The molecule has 0 saturated heterocycles. The first-order chi connectivity index (χ1) is 11.1. The first kappa shape index (κ1) is 23.0. The lowest BCUT2D eigenvalue weighted by Gasteiger charge is -2.05. The molecule has 24 heavy (non-hydrogen) atoms. The van der Waals surface area contributed by atoms with Crippen molar-refractivity contribution in [2.75, 3.05) is 0 Å².